The molecule has 0 saturated carbocycles. The fourth-order valence-electron chi connectivity index (χ4n) is 5.77. The summed E-state index contributed by atoms with van der Waals surface area (Å²) in [6, 6.07) is 23.7. The number of hydrogen-bond donors (Lipinski definition) is 2. The summed E-state index contributed by atoms with van der Waals surface area (Å²) in [5.41, 5.74) is 4.32. The highest BCUT2D eigenvalue weighted by Gasteiger charge is 2.33. The predicted octanol–water partition coefficient (Wildman–Crippen LogP) is 5.82. The average Bonchev–Trinajstić information content (AvgIpc) is 3.10. The number of benzene rings is 3. The number of nitrogens with zero attached hydrogens (tertiary/aromatic N) is 1. The molecule has 2 amide bonds. The van der Waals surface area contributed by atoms with Gasteiger partial charge in [0.1, 0.15) is 18.1 Å². The van der Waals surface area contributed by atoms with Crippen LogP contribution >= 0.6 is 0 Å². The summed E-state index contributed by atoms with van der Waals surface area (Å²) >= 11 is 0. The van der Waals surface area contributed by atoms with Gasteiger partial charge < -0.3 is 39.0 Å². The molecule has 1 saturated heterocycles. The molecule has 47 heavy (non-hydrogen) atoms. The van der Waals surface area contributed by atoms with E-state index in [0.29, 0.717) is 39.3 Å². The van der Waals surface area contributed by atoms with E-state index in [1.807, 2.05) is 66.7 Å². The van der Waals surface area contributed by atoms with E-state index in [2.05, 4.69) is 11.4 Å². The molecule has 0 radical (unpaired) electrons. The third-order valence-electron chi connectivity index (χ3n) is 8.36. The molecule has 1 fully saturated rings. The Morgan fingerprint density at radius 2 is 1.62 bits per heavy atom. The Labute approximate surface area is 277 Å². The van der Waals surface area contributed by atoms with Gasteiger partial charge in [-0.15, -0.1) is 0 Å². The minimum atomic E-state index is -0.987. The maximum absolute atomic E-state index is 12.8. The summed E-state index contributed by atoms with van der Waals surface area (Å²) in [6.45, 7) is 3.16. The fraction of sp³-hybridized carbons (Fsp3) is 0.459. The van der Waals surface area contributed by atoms with Crippen LogP contribution in [0.2, 0.25) is 0 Å². The number of hydrogen-bond acceptors (Lipinski definition) is 7. The van der Waals surface area contributed by atoms with E-state index in [1.54, 1.807) is 14.2 Å². The van der Waals surface area contributed by atoms with E-state index in [9.17, 15) is 14.7 Å². The first-order valence-electron chi connectivity index (χ1n) is 16.3. The van der Waals surface area contributed by atoms with Crippen molar-refractivity contribution in [3.63, 3.8) is 0 Å². The zero-order valence-electron chi connectivity index (χ0n) is 27.5. The lowest BCUT2D eigenvalue weighted by molar-refractivity contribution is -0.129. The monoisotopic (exact) mass is 648 g/mol. The second kappa shape index (κ2) is 19.5. The molecule has 2 unspecified atom stereocenters. The van der Waals surface area contributed by atoms with Crippen molar-refractivity contribution < 1.29 is 38.4 Å². The molecule has 0 aliphatic carbocycles. The highest BCUT2D eigenvalue weighted by atomic mass is 16.5. The minimum absolute atomic E-state index is 0.0522. The van der Waals surface area contributed by atoms with Crippen LogP contribution in [-0.2, 0) is 38.6 Å². The number of likely N-dealkylation sites (tertiary alicyclic amines) is 1. The summed E-state index contributed by atoms with van der Waals surface area (Å²) in [4.78, 5) is 25.9. The number of rotatable bonds is 19. The number of ether oxygens (including phenoxy) is 5. The molecule has 0 aromatic heterocycles. The van der Waals surface area contributed by atoms with Gasteiger partial charge in [-0.2, -0.15) is 0 Å². The van der Waals surface area contributed by atoms with Crippen LogP contribution in [0.1, 0.15) is 53.9 Å². The topological polar surface area (TPSA) is 116 Å². The third-order valence-corrected chi connectivity index (χ3v) is 8.36. The van der Waals surface area contributed by atoms with E-state index in [4.69, 9.17) is 23.7 Å². The molecule has 254 valence electrons. The van der Waals surface area contributed by atoms with Crippen molar-refractivity contribution in [3.8, 4) is 11.5 Å². The molecule has 10 heteroatoms. The number of methoxy groups -OCH3 is 2. The van der Waals surface area contributed by atoms with Crippen LogP contribution in [0.25, 0.3) is 0 Å². The standard InChI is InChI=1S/C37H48N2O8/c1-43-21-8-7-11-28-10-3-4-12-30(28)24-38-36(40)27-47-35-25-39(37(41)42)20-19-33(35)29-15-17-32(18-16-29)46-23-9-22-45-26-31-13-5-6-14-34(31)44-2/h3-6,10,12-18,33,35H,7-9,11,19-27H2,1-2H3,(H,38,40)(H,41,42). The lowest BCUT2D eigenvalue weighted by Crippen LogP contribution is -2.47. The van der Waals surface area contributed by atoms with Crippen molar-refractivity contribution in [1.82, 2.24) is 10.2 Å². The van der Waals surface area contributed by atoms with Gasteiger partial charge in [-0.1, -0.05) is 54.6 Å². The second-order valence-corrected chi connectivity index (χ2v) is 11.6. The van der Waals surface area contributed by atoms with E-state index in [0.717, 1.165) is 60.5 Å². The molecule has 2 atom stereocenters. The smallest absolute Gasteiger partial charge is 0.407 e. The van der Waals surface area contributed by atoms with Gasteiger partial charge in [0.05, 0.1) is 39.6 Å². The van der Waals surface area contributed by atoms with E-state index in [1.165, 1.54) is 10.5 Å². The summed E-state index contributed by atoms with van der Waals surface area (Å²) in [5.74, 6) is 1.28. The number of carboxylic acid groups (broad SMARTS) is 1. The van der Waals surface area contributed by atoms with E-state index >= 15 is 0 Å². The van der Waals surface area contributed by atoms with Gasteiger partial charge in [0.25, 0.3) is 0 Å². The Bertz CT molecular complexity index is 1380. The maximum atomic E-state index is 12.8. The molecular formula is C37H48N2O8. The SMILES string of the molecule is COCCCCc1ccccc1CNC(=O)COC1CN(C(=O)O)CCC1c1ccc(OCCCOCc2ccccc2OC)cc1. The lowest BCUT2D eigenvalue weighted by atomic mass is 9.87. The van der Waals surface area contributed by atoms with Crippen LogP contribution in [0.4, 0.5) is 4.79 Å². The Balaban J connectivity index is 1.24. The molecule has 10 nitrogen and oxygen atoms in total. The van der Waals surface area contributed by atoms with Gasteiger partial charge in [-0.25, -0.2) is 4.79 Å². The number of piperidine rings is 1. The normalized spacial score (nSPS) is 16.1. The van der Waals surface area contributed by atoms with Crippen molar-refractivity contribution in [2.75, 3.05) is 53.7 Å². The van der Waals surface area contributed by atoms with Crippen molar-refractivity contribution in [2.45, 2.75) is 57.3 Å². The van der Waals surface area contributed by atoms with E-state index in [-0.39, 0.29) is 25.0 Å². The number of carbonyl (C=O) groups is 2. The van der Waals surface area contributed by atoms with Gasteiger partial charge in [0.15, 0.2) is 0 Å². The first-order chi connectivity index (χ1) is 23.0. The quantitative estimate of drug-likeness (QED) is 0.156. The average molecular weight is 649 g/mol. The van der Waals surface area contributed by atoms with Crippen molar-refractivity contribution in [2.24, 2.45) is 0 Å². The highest BCUT2D eigenvalue weighted by Crippen LogP contribution is 2.32. The van der Waals surface area contributed by atoms with Crippen LogP contribution in [0.5, 0.6) is 11.5 Å². The molecule has 1 aliphatic heterocycles. The summed E-state index contributed by atoms with van der Waals surface area (Å²) < 4.78 is 28.3. The Kier molecular flexibility index (Phi) is 14.8. The molecular weight excluding hydrogens is 600 g/mol. The largest absolute Gasteiger partial charge is 0.496 e. The van der Waals surface area contributed by atoms with E-state index < -0.39 is 12.2 Å². The van der Waals surface area contributed by atoms with Gasteiger partial charge >= 0.3 is 6.09 Å². The molecule has 2 N–H and O–H groups in total. The van der Waals surface area contributed by atoms with Crippen LogP contribution in [0.3, 0.4) is 0 Å². The number of unbranched alkanes of at least 4 members (excludes halogenated alkanes) is 1. The second-order valence-electron chi connectivity index (χ2n) is 11.6. The maximum Gasteiger partial charge on any atom is 0.407 e. The van der Waals surface area contributed by atoms with Crippen LogP contribution < -0.4 is 14.8 Å². The summed E-state index contributed by atoms with van der Waals surface area (Å²) in [7, 11) is 3.36. The highest BCUT2D eigenvalue weighted by molar-refractivity contribution is 5.77. The number of carbonyl (C=O) groups excluding carboxylic acids is 1. The molecule has 0 bridgehead atoms. The predicted molar refractivity (Wildman–Crippen MR) is 179 cm³/mol. The number of amides is 2. The number of nitrogens with one attached hydrogen (secondary N) is 1. The molecule has 3 aromatic carbocycles. The molecule has 0 spiro atoms. The lowest BCUT2D eigenvalue weighted by Gasteiger charge is -2.37. The molecule has 1 heterocycles. The van der Waals surface area contributed by atoms with Crippen molar-refractivity contribution in [3.05, 3.63) is 95.1 Å². The summed E-state index contributed by atoms with van der Waals surface area (Å²) in [5, 5.41) is 12.6. The van der Waals surface area contributed by atoms with Gasteiger partial charge in [0.2, 0.25) is 5.91 Å². The fourth-order valence-corrected chi connectivity index (χ4v) is 5.77. The summed E-state index contributed by atoms with van der Waals surface area (Å²) in [6.07, 6.45) is 2.81. The third kappa shape index (κ3) is 11.6. The first-order valence-corrected chi connectivity index (χ1v) is 16.3. The molecule has 1 aliphatic rings. The molecule has 4 rings (SSSR count). The van der Waals surface area contributed by atoms with Crippen LogP contribution in [0.15, 0.2) is 72.8 Å². The Morgan fingerprint density at radius 3 is 2.36 bits per heavy atom. The minimum Gasteiger partial charge on any atom is -0.496 e. The van der Waals surface area contributed by atoms with Crippen molar-refractivity contribution in [1.29, 1.82) is 0 Å². The number of para-hydroxylation sites is 1. The Morgan fingerprint density at radius 1 is 0.872 bits per heavy atom. The zero-order chi connectivity index (χ0) is 33.3. The Hall–Kier alpha value is -4.12. The first kappa shape index (κ1) is 35.7. The van der Waals surface area contributed by atoms with Crippen molar-refractivity contribution >= 4 is 12.0 Å². The van der Waals surface area contributed by atoms with Crippen LogP contribution in [-0.4, -0.2) is 81.8 Å². The van der Waals surface area contributed by atoms with Gasteiger partial charge in [-0.3, -0.25) is 4.79 Å². The molecule has 3 aromatic rings. The number of aryl methyl sites for hydroxylation is 1. The van der Waals surface area contributed by atoms with Crippen LogP contribution in [0, 0.1) is 0 Å². The zero-order valence-corrected chi connectivity index (χ0v) is 27.5. The van der Waals surface area contributed by atoms with Gasteiger partial charge in [0, 0.05) is 44.7 Å². The van der Waals surface area contributed by atoms with Gasteiger partial charge in [-0.05, 0) is 60.6 Å².